The molecule has 26 heavy (non-hydrogen) atoms. The maximum Gasteiger partial charge on any atom is 0.229 e. The van der Waals surface area contributed by atoms with Gasteiger partial charge in [0.05, 0.1) is 12.0 Å². The molecule has 5 heteroatoms. The van der Waals surface area contributed by atoms with Gasteiger partial charge in [0, 0.05) is 23.1 Å². The molecule has 3 rings (SSSR count). The van der Waals surface area contributed by atoms with E-state index in [9.17, 15) is 9.59 Å². The highest BCUT2D eigenvalue weighted by Crippen LogP contribution is 2.30. The highest BCUT2D eigenvalue weighted by atomic mass is 79.9. The third kappa shape index (κ3) is 3.68. The Balaban J connectivity index is 1.70. The summed E-state index contributed by atoms with van der Waals surface area (Å²) in [5, 5.41) is 3.00. The number of halogens is 1. The van der Waals surface area contributed by atoms with Crippen molar-refractivity contribution in [1.29, 1.82) is 0 Å². The van der Waals surface area contributed by atoms with Crippen molar-refractivity contribution >= 4 is 33.4 Å². The molecule has 2 aromatic carbocycles. The quantitative estimate of drug-likeness (QED) is 0.793. The number of carbonyl (C=O) groups excluding carboxylic acids is 2. The molecule has 0 bridgehead atoms. The van der Waals surface area contributed by atoms with Gasteiger partial charge in [-0.3, -0.25) is 9.59 Å². The summed E-state index contributed by atoms with van der Waals surface area (Å²) in [6.45, 7) is 6.46. The smallest absolute Gasteiger partial charge is 0.229 e. The Hall–Kier alpha value is -2.14. The van der Waals surface area contributed by atoms with Crippen molar-refractivity contribution in [3.63, 3.8) is 0 Å². The normalized spacial score (nSPS) is 18.1. The van der Waals surface area contributed by atoms with E-state index in [4.69, 9.17) is 0 Å². The second kappa shape index (κ2) is 7.62. The Bertz CT molecular complexity index is 835. The molecule has 1 aliphatic rings. The van der Waals surface area contributed by atoms with Crippen molar-refractivity contribution < 1.29 is 9.59 Å². The lowest BCUT2D eigenvalue weighted by molar-refractivity contribution is -0.129. The molecule has 1 fully saturated rings. The van der Waals surface area contributed by atoms with Crippen LogP contribution in [0.15, 0.2) is 46.9 Å². The Morgan fingerprint density at radius 2 is 1.85 bits per heavy atom. The van der Waals surface area contributed by atoms with E-state index < -0.39 is 0 Å². The first-order chi connectivity index (χ1) is 12.4. The molecule has 0 aliphatic carbocycles. The topological polar surface area (TPSA) is 49.4 Å². The second-order valence-corrected chi connectivity index (χ2v) is 7.72. The number of benzene rings is 2. The SMILES string of the molecule is Cc1c(Br)ccc(NC(=O)[C@@H]2CC(=O)N([C@@H](C)c3ccccc3)C2)c1C. The van der Waals surface area contributed by atoms with Crippen LogP contribution in [0.5, 0.6) is 0 Å². The van der Waals surface area contributed by atoms with E-state index in [1.165, 1.54) is 0 Å². The van der Waals surface area contributed by atoms with Crippen LogP contribution in [0, 0.1) is 19.8 Å². The molecule has 1 heterocycles. The van der Waals surface area contributed by atoms with Gasteiger partial charge in [0.2, 0.25) is 11.8 Å². The first-order valence-electron chi connectivity index (χ1n) is 8.79. The van der Waals surface area contributed by atoms with Crippen molar-refractivity contribution in [3.8, 4) is 0 Å². The van der Waals surface area contributed by atoms with Gasteiger partial charge in [0.15, 0.2) is 0 Å². The summed E-state index contributed by atoms with van der Waals surface area (Å²) in [6, 6.07) is 13.7. The Kier molecular flexibility index (Phi) is 5.47. The number of anilines is 1. The molecule has 1 N–H and O–H groups in total. The molecule has 0 aromatic heterocycles. The summed E-state index contributed by atoms with van der Waals surface area (Å²) < 4.78 is 1.02. The Morgan fingerprint density at radius 3 is 2.54 bits per heavy atom. The molecular formula is C21H23BrN2O2. The number of rotatable bonds is 4. The predicted octanol–water partition coefficient (Wildman–Crippen LogP) is 4.61. The molecule has 136 valence electrons. The van der Waals surface area contributed by atoms with Crippen LogP contribution in [0.1, 0.15) is 36.1 Å². The van der Waals surface area contributed by atoms with Gasteiger partial charge in [-0.1, -0.05) is 46.3 Å². The lowest BCUT2D eigenvalue weighted by atomic mass is 10.1. The fraction of sp³-hybridized carbons (Fsp3) is 0.333. The van der Waals surface area contributed by atoms with E-state index in [2.05, 4.69) is 21.2 Å². The standard InChI is InChI=1S/C21H23BrN2O2/c1-13-14(2)19(10-9-18(13)22)23-21(26)17-11-20(25)24(12-17)15(3)16-7-5-4-6-8-16/h4-10,15,17H,11-12H2,1-3H3,(H,23,26)/t15-,17+/m0/s1. The molecule has 2 amide bonds. The molecule has 0 saturated carbocycles. The van der Waals surface area contributed by atoms with E-state index in [1.807, 2.05) is 63.2 Å². The number of hydrogen-bond donors (Lipinski definition) is 1. The van der Waals surface area contributed by atoms with Gasteiger partial charge in [0.25, 0.3) is 0 Å². The molecular weight excluding hydrogens is 392 g/mol. The van der Waals surface area contributed by atoms with Gasteiger partial charge < -0.3 is 10.2 Å². The number of likely N-dealkylation sites (tertiary alicyclic amines) is 1. The van der Waals surface area contributed by atoms with Crippen LogP contribution < -0.4 is 5.32 Å². The molecule has 2 aromatic rings. The van der Waals surface area contributed by atoms with Crippen molar-refractivity contribution in [2.75, 3.05) is 11.9 Å². The lowest BCUT2D eigenvalue weighted by Gasteiger charge is -2.25. The zero-order chi connectivity index (χ0) is 18.8. The molecule has 0 unspecified atom stereocenters. The van der Waals surface area contributed by atoms with Gasteiger partial charge in [-0.15, -0.1) is 0 Å². The van der Waals surface area contributed by atoms with E-state index in [0.717, 1.165) is 26.9 Å². The minimum atomic E-state index is -0.322. The van der Waals surface area contributed by atoms with Crippen LogP contribution >= 0.6 is 15.9 Å². The largest absolute Gasteiger partial charge is 0.335 e. The fourth-order valence-electron chi connectivity index (χ4n) is 3.35. The van der Waals surface area contributed by atoms with Gasteiger partial charge in [-0.2, -0.15) is 0 Å². The summed E-state index contributed by atoms with van der Waals surface area (Å²) in [5.74, 6) is -0.381. The maximum atomic E-state index is 12.7. The zero-order valence-corrected chi connectivity index (χ0v) is 16.8. The molecule has 0 spiro atoms. The molecule has 1 aliphatic heterocycles. The maximum absolute atomic E-state index is 12.7. The summed E-state index contributed by atoms with van der Waals surface area (Å²) in [4.78, 5) is 27.0. The van der Waals surface area contributed by atoms with Crippen LogP contribution in [-0.2, 0) is 9.59 Å². The summed E-state index contributed by atoms with van der Waals surface area (Å²) in [6.07, 6.45) is 0.261. The number of nitrogens with zero attached hydrogens (tertiary/aromatic N) is 1. The first-order valence-corrected chi connectivity index (χ1v) is 9.58. The highest BCUT2D eigenvalue weighted by molar-refractivity contribution is 9.10. The number of hydrogen-bond acceptors (Lipinski definition) is 2. The van der Waals surface area contributed by atoms with Crippen LogP contribution in [0.25, 0.3) is 0 Å². The first kappa shape index (κ1) is 18.6. The van der Waals surface area contributed by atoms with Crippen molar-refractivity contribution in [3.05, 3.63) is 63.6 Å². The summed E-state index contributed by atoms with van der Waals surface area (Å²) in [5.41, 5.74) is 4.02. The van der Waals surface area contributed by atoms with Crippen molar-refractivity contribution in [2.45, 2.75) is 33.2 Å². The highest BCUT2D eigenvalue weighted by Gasteiger charge is 2.37. The second-order valence-electron chi connectivity index (χ2n) is 6.87. The average molecular weight is 415 g/mol. The van der Waals surface area contributed by atoms with Crippen LogP contribution in [-0.4, -0.2) is 23.3 Å². The zero-order valence-electron chi connectivity index (χ0n) is 15.3. The molecule has 2 atom stereocenters. The van der Waals surface area contributed by atoms with Gasteiger partial charge in [-0.05, 0) is 49.6 Å². The third-order valence-electron chi connectivity index (χ3n) is 5.26. The molecule has 1 saturated heterocycles. The predicted molar refractivity (Wildman–Crippen MR) is 107 cm³/mol. The number of nitrogens with one attached hydrogen (secondary N) is 1. The number of amides is 2. The van der Waals surface area contributed by atoms with Crippen LogP contribution in [0.4, 0.5) is 5.69 Å². The van der Waals surface area contributed by atoms with Gasteiger partial charge >= 0.3 is 0 Å². The van der Waals surface area contributed by atoms with Crippen LogP contribution in [0.3, 0.4) is 0 Å². The van der Waals surface area contributed by atoms with E-state index in [1.54, 1.807) is 4.90 Å². The van der Waals surface area contributed by atoms with Crippen LogP contribution in [0.2, 0.25) is 0 Å². The van der Waals surface area contributed by atoms with E-state index in [0.29, 0.717) is 6.54 Å². The van der Waals surface area contributed by atoms with Crippen molar-refractivity contribution in [2.24, 2.45) is 5.92 Å². The van der Waals surface area contributed by atoms with E-state index >= 15 is 0 Å². The average Bonchev–Trinajstić information content (AvgIpc) is 3.04. The van der Waals surface area contributed by atoms with E-state index in [-0.39, 0.29) is 30.2 Å². The lowest BCUT2D eigenvalue weighted by Crippen LogP contribution is -2.30. The summed E-state index contributed by atoms with van der Waals surface area (Å²) in [7, 11) is 0. The molecule has 0 radical (unpaired) electrons. The Labute approximate surface area is 162 Å². The fourth-order valence-corrected chi connectivity index (χ4v) is 3.78. The number of carbonyl (C=O) groups is 2. The summed E-state index contributed by atoms with van der Waals surface area (Å²) >= 11 is 3.50. The minimum absolute atomic E-state index is 0.0295. The van der Waals surface area contributed by atoms with Gasteiger partial charge in [0.1, 0.15) is 0 Å². The Morgan fingerprint density at radius 1 is 1.15 bits per heavy atom. The van der Waals surface area contributed by atoms with Gasteiger partial charge in [-0.25, -0.2) is 0 Å². The monoisotopic (exact) mass is 414 g/mol. The third-order valence-corrected chi connectivity index (χ3v) is 6.12. The molecule has 4 nitrogen and oxygen atoms in total. The minimum Gasteiger partial charge on any atom is -0.335 e. The van der Waals surface area contributed by atoms with Crippen molar-refractivity contribution in [1.82, 2.24) is 4.90 Å².